The van der Waals surface area contributed by atoms with Gasteiger partial charge in [0.05, 0.1) is 12.2 Å². The number of nitrogens with one attached hydrogen (secondary N) is 2. The highest BCUT2D eigenvalue weighted by Gasteiger charge is 2.30. The minimum absolute atomic E-state index is 0.0476. The number of hydrogen-bond acceptors (Lipinski definition) is 6. The van der Waals surface area contributed by atoms with E-state index in [-0.39, 0.29) is 23.2 Å². The van der Waals surface area contributed by atoms with Gasteiger partial charge in [0.2, 0.25) is 0 Å². The number of aromatic nitrogens is 2. The Morgan fingerprint density at radius 3 is 2.62 bits per heavy atom. The van der Waals surface area contributed by atoms with Crippen LogP contribution in [0.1, 0.15) is 12.5 Å². The zero-order valence-electron chi connectivity index (χ0n) is 13.2. The van der Waals surface area contributed by atoms with E-state index in [0.717, 1.165) is 12.1 Å². The van der Waals surface area contributed by atoms with Gasteiger partial charge < -0.3 is 21.1 Å². The number of anilines is 4. The number of halogens is 3. The topological polar surface area (TPSA) is 85.1 Å². The van der Waals surface area contributed by atoms with Gasteiger partial charge in [-0.2, -0.15) is 13.2 Å². The summed E-state index contributed by atoms with van der Waals surface area (Å²) in [7, 11) is 1.57. The average molecular weight is 341 g/mol. The van der Waals surface area contributed by atoms with Crippen molar-refractivity contribution in [1.29, 1.82) is 0 Å². The number of benzene rings is 1. The molecule has 0 fully saturated rings. The first-order valence-electron chi connectivity index (χ1n) is 7.11. The molecule has 0 aliphatic rings. The van der Waals surface area contributed by atoms with Gasteiger partial charge in [-0.05, 0) is 25.1 Å². The SMILES string of the molecule is COCC(C)Nc1ncnc(Nc2cccc(C(F)(F)F)c2)c1N. The lowest BCUT2D eigenvalue weighted by molar-refractivity contribution is -0.137. The summed E-state index contributed by atoms with van der Waals surface area (Å²) in [5, 5.41) is 5.83. The Morgan fingerprint density at radius 1 is 1.25 bits per heavy atom. The Morgan fingerprint density at radius 2 is 1.96 bits per heavy atom. The molecule has 130 valence electrons. The minimum atomic E-state index is -4.42. The van der Waals surface area contributed by atoms with Crippen molar-refractivity contribution in [2.75, 3.05) is 30.1 Å². The van der Waals surface area contributed by atoms with Crippen LogP contribution >= 0.6 is 0 Å². The van der Waals surface area contributed by atoms with Gasteiger partial charge in [0, 0.05) is 18.8 Å². The van der Waals surface area contributed by atoms with Crippen molar-refractivity contribution in [2.24, 2.45) is 0 Å². The summed E-state index contributed by atoms with van der Waals surface area (Å²) < 4.78 is 43.3. The largest absolute Gasteiger partial charge is 0.416 e. The molecular weight excluding hydrogens is 323 g/mol. The van der Waals surface area contributed by atoms with Crippen LogP contribution in [0.5, 0.6) is 0 Å². The van der Waals surface area contributed by atoms with E-state index in [0.29, 0.717) is 12.4 Å². The highest BCUT2D eigenvalue weighted by molar-refractivity contribution is 5.77. The Balaban J connectivity index is 2.21. The van der Waals surface area contributed by atoms with Gasteiger partial charge in [-0.25, -0.2) is 9.97 Å². The predicted molar refractivity (Wildman–Crippen MR) is 86.1 cm³/mol. The maximum absolute atomic E-state index is 12.8. The zero-order chi connectivity index (χ0) is 17.7. The van der Waals surface area contributed by atoms with Crippen LogP contribution in [-0.4, -0.2) is 29.7 Å². The van der Waals surface area contributed by atoms with Crippen molar-refractivity contribution in [2.45, 2.75) is 19.1 Å². The van der Waals surface area contributed by atoms with Gasteiger partial charge in [0.15, 0.2) is 11.6 Å². The van der Waals surface area contributed by atoms with Crippen molar-refractivity contribution in [3.05, 3.63) is 36.2 Å². The highest BCUT2D eigenvalue weighted by Crippen LogP contribution is 2.32. The lowest BCUT2D eigenvalue weighted by atomic mass is 10.2. The van der Waals surface area contributed by atoms with E-state index in [4.69, 9.17) is 10.5 Å². The van der Waals surface area contributed by atoms with Gasteiger partial charge in [-0.3, -0.25) is 0 Å². The molecule has 2 aromatic rings. The summed E-state index contributed by atoms with van der Waals surface area (Å²) in [5.41, 5.74) is 5.66. The molecule has 0 spiro atoms. The third kappa shape index (κ3) is 4.48. The number of nitrogen functional groups attached to an aromatic ring is 1. The fourth-order valence-electron chi connectivity index (χ4n) is 2.05. The van der Waals surface area contributed by atoms with E-state index in [1.165, 1.54) is 18.5 Å². The first-order valence-corrected chi connectivity index (χ1v) is 7.11. The van der Waals surface area contributed by atoms with Gasteiger partial charge in [-0.15, -0.1) is 0 Å². The summed E-state index contributed by atoms with van der Waals surface area (Å²) in [6.45, 7) is 2.32. The average Bonchev–Trinajstić information content (AvgIpc) is 2.51. The van der Waals surface area contributed by atoms with Gasteiger partial charge >= 0.3 is 6.18 Å². The lowest BCUT2D eigenvalue weighted by Crippen LogP contribution is -2.22. The van der Waals surface area contributed by atoms with Crippen molar-refractivity contribution in [3.8, 4) is 0 Å². The number of nitrogens with two attached hydrogens (primary N) is 1. The normalized spacial score (nSPS) is 12.7. The van der Waals surface area contributed by atoms with Crippen LogP contribution in [0, 0.1) is 0 Å². The van der Waals surface area contributed by atoms with Crippen molar-refractivity contribution < 1.29 is 17.9 Å². The van der Waals surface area contributed by atoms with E-state index >= 15 is 0 Å². The highest BCUT2D eigenvalue weighted by atomic mass is 19.4. The van der Waals surface area contributed by atoms with Gasteiger partial charge in [-0.1, -0.05) is 6.07 Å². The van der Waals surface area contributed by atoms with Gasteiger partial charge in [0.1, 0.15) is 12.0 Å². The summed E-state index contributed by atoms with van der Waals surface area (Å²) >= 11 is 0. The first kappa shape index (κ1) is 17.8. The molecule has 0 saturated heterocycles. The van der Waals surface area contributed by atoms with Crippen LogP contribution in [-0.2, 0) is 10.9 Å². The van der Waals surface area contributed by atoms with Crippen LogP contribution < -0.4 is 16.4 Å². The molecule has 1 aromatic carbocycles. The molecule has 2 rings (SSSR count). The molecule has 0 aliphatic heterocycles. The van der Waals surface area contributed by atoms with Crippen molar-refractivity contribution in [1.82, 2.24) is 9.97 Å². The van der Waals surface area contributed by atoms with E-state index in [1.807, 2.05) is 6.92 Å². The number of nitrogens with zero attached hydrogens (tertiary/aromatic N) is 2. The third-order valence-corrected chi connectivity index (χ3v) is 3.14. The lowest BCUT2D eigenvalue weighted by Gasteiger charge is -2.17. The Kier molecular flexibility index (Phi) is 5.45. The van der Waals surface area contributed by atoms with E-state index < -0.39 is 11.7 Å². The second kappa shape index (κ2) is 7.35. The molecule has 0 bridgehead atoms. The molecule has 0 saturated carbocycles. The molecule has 1 heterocycles. The van der Waals surface area contributed by atoms with Crippen LogP contribution in [0.4, 0.5) is 36.2 Å². The Bertz CT molecular complexity index is 693. The van der Waals surface area contributed by atoms with Gasteiger partial charge in [0.25, 0.3) is 0 Å². The van der Waals surface area contributed by atoms with Crippen LogP contribution in [0.2, 0.25) is 0 Å². The standard InChI is InChI=1S/C15H18F3N5O/c1-9(7-24-2)22-13-12(19)14(21-8-20-13)23-11-5-3-4-10(6-11)15(16,17)18/h3-6,8-9H,7,19H2,1-2H3,(H2,20,21,22,23). The molecule has 4 N–H and O–H groups in total. The maximum atomic E-state index is 12.8. The second-order valence-electron chi connectivity index (χ2n) is 5.19. The van der Waals surface area contributed by atoms with Crippen molar-refractivity contribution >= 4 is 23.0 Å². The Hall–Kier alpha value is -2.55. The summed E-state index contributed by atoms with van der Waals surface area (Å²) in [6, 6.07) is 4.74. The van der Waals surface area contributed by atoms with E-state index in [9.17, 15) is 13.2 Å². The third-order valence-electron chi connectivity index (χ3n) is 3.14. The monoisotopic (exact) mass is 341 g/mol. The number of hydrogen-bond donors (Lipinski definition) is 3. The molecule has 1 aromatic heterocycles. The van der Waals surface area contributed by atoms with Crippen LogP contribution in [0.25, 0.3) is 0 Å². The summed E-state index contributed by atoms with van der Waals surface area (Å²) in [6.07, 6.45) is -3.15. The first-order chi connectivity index (χ1) is 11.3. The fourth-order valence-corrected chi connectivity index (χ4v) is 2.05. The molecule has 0 aliphatic carbocycles. The van der Waals surface area contributed by atoms with Crippen LogP contribution in [0.3, 0.4) is 0 Å². The van der Waals surface area contributed by atoms with Crippen molar-refractivity contribution in [3.63, 3.8) is 0 Å². The molecule has 1 atom stereocenters. The number of alkyl halides is 3. The molecule has 24 heavy (non-hydrogen) atoms. The van der Waals surface area contributed by atoms with E-state index in [2.05, 4.69) is 20.6 Å². The number of methoxy groups -OCH3 is 1. The molecule has 1 unspecified atom stereocenters. The molecular formula is C15H18F3N5O. The quantitative estimate of drug-likeness (QED) is 0.748. The number of ether oxygens (including phenoxy) is 1. The maximum Gasteiger partial charge on any atom is 0.416 e. The van der Waals surface area contributed by atoms with Crippen LogP contribution in [0.15, 0.2) is 30.6 Å². The fraction of sp³-hybridized carbons (Fsp3) is 0.333. The molecule has 0 amide bonds. The molecule has 9 heteroatoms. The second-order valence-corrected chi connectivity index (χ2v) is 5.19. The summed E-state index contributed by atoms with van der Waals surface area (Å²) in [4.78, 5) is 8.02. The van der Waals surface area contributed by atoms with E-state index in [1.54, 1.807) is 7.11 Å². The predicted octanol–water partition coefficient (Wildman–Crippen LogP) is 3.27. The molecule has 0 radical (unpaired) electrons. The minimum Gasteiger partial charge on any atom is -0.393 e. The molecule has 6 nitrogen and oxygen atoms in total. The number of rotatable bonds is 6. The smallest absolute Gasteiger partial charge is 0.393 e. The Labute approximate surface area is 137 Å². The zero-order valence-corrected chi connectivity index (χ0v) is 13.2. The summed E-state index contributed by atoms with van der Waals surface area (Å²) in [5.74, 6) is 0.598.